The molecule has 0 aliphatic carbocycles. The van der Waals surface area contributed by atoms with Gasteiger partial charge >= 0.3 is 0 Å². The lowest BCUT2D eigenvalue weighted by atomic mass is 10.5. The third-order valence-corrected chi connectivity index (χ3v) is 4.41. The highest BCUT2D eigenvalue weighted by molar-refractivity contribution is 7.89. The van der Waals surface area contributed by atoms with Crippen molar-refractivity contribution in [1.29, 1.82) is 0 Å². The number of halogens is 1. The van der Waals surface area contributed by atoms with Crippen molar-refractivity contribution in [3.63, 3.8) is 0 Å². The van der Waals surface area contributed by atoms with E-state index in [1.807, 2.05) is 0 Å². The number of ether oxygens (including phenoxy) is 1. The Labute approximate surface area is 99.0 Å². The first-order valence-electron chi connectivity index (χ1n) is 4.80. The second kappa shape index (κ2) is 4.67. The maximum Gasteiger partial charge on any atom is 0.243 e. The molecule has 0 aromatic carbocycles. The van der Waals surface area contributed by atoms with Crippen LogP contribution < -0.4 is 0 Å². The molecule has 16 heavy (non-hydrogen) atoms. The number of pyridine rings is 1. The third kappa shape index (κ3) is 2.35. The summed E-state index contributed by atoms with van der Waals surface area (Å²) in [6.07, 6.45) is 1.38. The van der Waals surface area contributed by atoms with Gasteiger partial charge in [0.15, 0.2) is 0 Å². The molecular weight excluding hydrogens is 252 g/mol. The van der Waals surface area contributed by atoms with E-state index in [0.717, 1.165) is 0 Å². The number of morpholine rings is 1. The molecule has 0 radical (unpaired) electrons. The molecule has 0 saturated carbocycles. The summed E-state index contributed by atoms with van der Waals surface area (Å²) < 4.78 is 30.7. The fraction of sp³-hybridized carbons (Fsp3) is 0.444. The molecule has 0 amide bonds. The van der Waals surface area contributed by atoms with Crippen molar-refractivity contribution in [3.05, 3.63) is 23.5 Å². The van der Waals surface area contributed by atoms with Crippen molar-refractivity contribution in [3.8, 4) is 0 Å². The topological polar surface area (TPSA) is 59.5 Å². The highest BCUT2D eigenvalue weighted by Gasteiger charge is 2.26. The lowest BCUT2D eigenvalue weighted by Crippen LogP contribution is -2.40. The van der Waals surface area contributed by atoms with Gasteiger partial charge < -0.3 is 4.74 Å². The van der Waals surface area contributed by atoms with Gasteiger partial charge in [0.25, 0.3) is 0 Å². The first kappa shape index (κ1) is 11.8. The molecule has 0 unspecified atom stereocenters. The largest absolute Gasteiger partial charge is 0.379 e. The Hall–Kier alpha value is -0.690. The molecule has 2 heterocycles. The Morgan fingerprint density at radius 1 is 1.38 bits per heavy atom. The normalized spacial score (nSPS) is 18.6. The minimum absolute atomic E-state index is 0.175. The number of sulfonamides is 1. The van der Waals surface area contributed by atoms with Gasteiger partial charge in [0.05, 0.1) is 18.1 Å². The van der Waals surface area contributed by atoms with E-state index in [1.54, 1.807) is 0 Å². The summed E-state index contributed by atoms with van der Waals surface area (Å²) in [7, 11) is -3.46. The van der Waals surface area contributed by atoms with Crippen LogP contribution >= 0.6 is 11.6 Å². The lowest BCUT2D eigenvalue weighted by Gasteiger charge is -2.25. The number of aromatic nitrogens is 1. The maximum absolute atomic E-state index is 12.1. The molecule has 2 rings (SSSR count). The molecule has 7 heteroatoms. The van der Waals surface area contributed by atoms with Crippen LogP contribution in [0, 0.1) is 0 Å². The number of hydrogen-bond acceptors (Lipinski definition) is 4. The summed E-state index contributed by atoms with van der Waals surface area (Å²) in [5.74, 6) is 0. The molecule has 0 spiro atoms. The van der Waals surface area contributed by atoms with E-state index >= 15 is 0 Å². The van der Waals surface area contributed by atoms with Crippen LogP contribution in [0.25, 0.3) is 0 Å². The summed E-state index contributed by atoms with van der Waals surface area (Å²) in [5.41, 5.74) is 0. The van der Waals surface area contributed by atoms with Gasteiger partial charge in [-0.05, 0) is 12.1 Å². The lowest BCUT2D eigenvalue weighted by molar-refractivity contribution is 0.0730. The molecule has 0 bridgehead atoms. The highest BCUT2D eigenvalue weighted by atomic mass is 35.5. The summed E-state index contributed by atoms with van der Waals surface area (Å²) in [6, 6.07) is 2.79. The second-order valence-electron chi connectivity index (χ2n) is 3.33. The average molecular weight is 263 g/mol. The maximum atomic E-state index is 12.1. The second-order valence-corrected chi connectivity index (χ2v) is 5.66. The van der Waals surface area contributed by atoms with E-state index in [4.69, 9.17) is 16.3 Å². The van der Waals surface area contributed by atoms with E-state index in [0.29, 0.717) is 26.3 Å². The molecule has 1 fully saturated rings. The van der Waals surface area contributed by atoms with Crippen LogP contribution in [0.4, 0.5) is 0 Å². The van der Waals surface area contributed by atoms with Crippen LogP contribution in [0.5, 0.6) is 0 Å². The van der Waals surface area contributed by atoms with Crippen LogP contribution in [-0.2, 0) is 14.8 Å². The van der Waals surface area contributed by atoms with Gasteiger partial charge in [-0.15, -0.1) is 0 Å². The van der Waals surface area contributed by atoms with Gasteiger partial charge in [-0.2, -0.15) is 4.31 Å². The van der Waals surface area contributed by atoms with E-state index in [2.05, 4.69) is 4.98 Å². The minimum atomic E-state index is -3.46. The zero-order valence-electron chi connectivity index (χ0n) is 8.47. The standard InChI is InChI=1S/C9H11ClN2O3S/c10-9-7-8(1-2-11-9)16(13,14)12-3-5-15-6-4-12/h1-2,7H,3-6H2. The summed E-state index contributed by atoms with van der Waals surface area (Å²) in [6.45, 7) is 1.61. The molecule has 1 aliphatic rings. The minimum Gasteiger partial charge on any atom is -0.379 e. The van der Waals surface area contributed by atoms with Gasteiger partial charge in [0, 0.05) is 19.3 Å². The first-order valence-corrected chi connectivity index (χ1v) is 6.62. The van der Waals surface area contributed by atoms with Gasteiger partial charge in [-0.3, -0.25) is 0 Å². The van der Waals surface area contributed by atoms with Crippen LogP contribution in [0.2, 0.25) is 5.15 Å². The Kier molecular flexibility index (Phi) is 3.44. The highest BCUT2D eigenvalue weighted by Crippen LogP contribution is 2.18. The SMILES string of the molecule is O=S(=O)(c1ccnc(Cl)c1)N1CCOCC1. The van der Waals surface area contributed by atoms with E-state index in [-0.39, 0.29) is 10.0 Å². The van der Waals surface area contributed by atoms with Gasteiger partial charge in [0.1, 0.15) is 5.15 Å². The molecule has 0 atom stereocenters. The number of rotatable bonds is 2. The molecule has 1 aromatic heterocycles. The van der Waals surface area contributed by atoms with Crippen LogP contribution in [0.3, 0.4) is 0 Å². The molecular formula is C9H11ClN2O3S. The number of hydrogen-bond donors (Lipinski definition) is 0. The molecule has 0 N–H and O–H groups in total. The summed E-state index contributed by atoms with van der Waals surface area (Å²) in [5, 5.41) is 0.175. The van der Waals surface area contributed by atoms with Gasteiger partial charge in [-0.25, -0.2) is 13.4 Å². The molecule has 1 aromatic rings. The van der Waals surface area contributed by atoms with E-state index in [9.17, 15) is 8.42 Å². The third-order valence-electron chi connectivity index (χ3n) is 2.31. The van der Waals surface area contributed by atoms with E-state index in [1.165, 1.54) is 22.6 Å². The number of nitrogens with zero attached hydrogens (tertiary/aromatic N) is 2. The summed E-state index contributed by atoms with van der Waals surface area (Å²) >= 11 is 5.67. The van der Waals surface area contributed by atoms with Crippen molar-refractivity contribution in [2.45, 2.75) is 4.90 Å². The van der Waals surface area contributed by atoms with Crippen molar-refractivity contribution >= 4 is 21.6 Å². The Morgan fingerprint density at radius 2 is 2.06 bits per heavy atom. The fourth-order valence-corrected chi connectivity index (χ4v) is 3.14. The summed E-state index contributed by atoms with van der Waals surface area (Å²) in [4.78, 5) is 3.93. The smallest absolute Gasteiger partial charge is 0.243 e. The Balaban J connectivity index is 2.30. The zero-order chi connectivity index (χ0) is 11.6. The van der Waals surface area contributed by atoms with Gasteiger partial charge in [0.2, 0.25) is 10.0 Å². The van der Waals surface area contributed by atoms with Crippen molar-refractivity contribution in [2.24, 2.45) is 0 Å². The zero-order valence-corrected chi connectivity index (χ0v) is 10.0. The van der Waals surface area contributed by atoms with Crippen molar-refractivity contribution in [2.75, 3.05) is 26.3 Å². The molecule has 1 aliphatic heterocycles. The van der Waals surface area contributed by atoms with Crippen LogP contribution in [-0.4, -0.2) is 44.0 Å². The molecule has 1 saturated heterocycles. The average Bonchev–Trinajstić information content (AvgIpc) is 2.30. The van der Waals surface area contributed by atoms with Gasteiger partial charge in [-0.1, -0.05) is 11.6 Å². The predicted octanol–water partition coefficient (Wildman–Crippen LogP) is 0.756. The van der Waals surface area contributed by atoms with Crippen LogP contribution in [0.15, 0.2) is 23.2 Å². The quantitative estimate of drug-likeness (QED) is 0.738. The molecule has 88 valence electrons. The van der Waals surface area contributed by atoms with E-state index < -0.39 is 10.0 Å². The van der Waals surface area contributed by atoms with Crippen molar-refractivity contribution < 1.29 is 13.2 Å². The Bertz CT molecular complexity index is 471. The molecule has 5 nitrogen and oxygen atoms in total. The predicted molar refractivity (Wildman–Crippen MR) is 58.8 cm³/mol. The van der Waals surface area contributed by atoms with Crippen molar-refractivity contribution in [1.82, 2.24) is 9.29 Å². The fourth-order valence-electron chi connectivity index (χ4n) is 1.48. The monoisotopic (exact) mass is 262 g/mol. The first-order chi connectivity index (χ1) is 7.60. The Morgan fingerprint density at radius 3 is 2.69 bits per heavy atom. The van der Waals surface area contributed by atoms with Crippen LogP contribution in [0.1, 0.15) is 0 Å².